The highest BCUT2D eigenvalue weighted by molar-refractivity contribution is 6.30. The van der Waals surface area contributed by atoms with Crippen LogP contribution in [0.3, 0.4) is 0 Å². The highest BCUT2D eigenvalue weighted by atomic mass is 35.5. The van der Waals surface area contributed by atoms with Crippen molar-refractivity contribution in [3.05, 3.63) is 89.3 Å². The van der Waals surface area contributed by atoms with Crippen LogP contribution in [0.15, 0.2) is 73.1 Å². The number of pyridine rings is 1. The molecule has 7 heteroatoms. The van der Waals surface area contributed by atoms with E-state index in [1.165, 1.54) is 0 Å². The quantitative estimate of drug-likeness (QED) is 0.479. The SMILES string of the molecule is COc1ccccc1NC(=O)c1ccc(NCc2cn3cc(Cl)ccc3n2)cc1. The normalized spacial score (nSPS) is 10.7. The van der Waals surface area contributed by atoms with E-state index in [0.29, 0.717) is 28.6 Å². The average molecular weight is 407 g/mol. The topological polar surface area (TPSA) is 67.7 Å². The number of para-hydroxylation sites is 2. The number of nitrogens with one attached hydrogen (secondary N) is 2. The summed E-state index contributed by atoms with van der Waals surface area (Å²) in [7, 11) is 1.57. The zero-order valence-corrected chi connectivity index (χ0v) is 16.5. The Hall–Kier alpha value is -3.51. The molecule has 0 aliphatic rings. The molecule has 0 fully saturated rings. The number of benzene rings is 2. The van der Waals surface area contributed by atoms with Gasteiger partial charge in [-0.2, -0.15) is 0 Å². The van der Waals surface area contributed by atoms with Gasteiger partial charge in [-0.1, -0.05) is 23.7 Å². The highest BCUT2D eigenvalue weighted by Gasteiger charge is 2.09. The lowest BCUT2D eigenvalue weighted by molar-refractivity contribution is 0.102. The Bertz CT molecular complexity index is 1160. The minimum absolute atomic E-state index is 0.196. The molecule has 2 heterocycles. The van der Waals surface area contributed by atoms with Gasteiger partial charge in [-0.3, -0.25) is 4.79 Å². The van der Waals surface area contributed by atoms with E-state index in [2.05, 4.69) is 15.6 Å². The van der Waals surface area contributed by atoms with E-state index in [0.717, 1.165) is 17.0 Å². The second-order valence-electron chi connectivity index (χ2n) is 6.43. The smallest absolute Gasteiger partial charge is 0.255 e. The summed E-state index contributed by atoms with van der Waals surface area (Å²) in [6.07, 6.45) is 3.76. The lowest BCUT2D eigenvalue weighted by Crippen LogP contribution is -2.12. The number of anilines is 2. The fourth-order valence-corrected chi connectivity index (χ4v) is 3.14. The van der Waals surface area contributed by atoms with Crippen molar-refractivity contribution in [1.82, 2.24) is 9.38 Å². The second-order valence-corrected chi connectivity index (χ2v) is 6.87. The maximum atomic E-state index is 12.5. The summed E-state index contributed by atoms with van der Waals surface area (Å²) >= 11 is 6.01. The van der Waals surface area contributed by atoms with Gasteiger partial charge in [-0.15, -0.1) is 0 Å². The van der Waals surface area contributed by atoms with E-state index in [1.54, 1.807) is 31.4 Å². The summed E-state index contributed by atoms with van der Waals surface area (Å²) < 4.78 is 7.16. The predicted molar refractivity (Wildman–Crippen MR) is 115 cm³/mol. The Labute approximate surface area is 173 Å². The monoisotopic (exact) mass is 406 g/mol. The molecule has 0 aliphatic heterocycles. The third kappa shape index (κ3) is 4.33. The molecular formula is C22H19ClN4O2. The number of hydrogen-bond donors (Lipinski definition) is 2. The van der Waals surface area contributed by atoms with Gasteiger partial charge in [0.2, 0.25) is 0 Å². The molecule has 0 unspecified atom stereocenters. The molecule has 2 aromatic carbocycles. The molecule has 146 valence electrons. The Kier molecular flexibility index (Phi) is 5.35. The first-order valence-electron chi connectivity index (χ1n) is 9.04. The second kappa shape index (κ2) is 8.24. The molecule has 0 radical (unpaired) electrons. The summed E-state index contributed by atoms with van der Waals surface area (Å²) in [5.74, 6) is 0.422. The van der Waals surface area contributed by atoms with Crippen LogP contribution in [0.2, 0.25) is 5.02 Å². The van der Waals surface area contributed by atoms with Crippen LogP contribution in [-0.4, -0.2) is 22.4 Å². The van der Waals surface area contributed by atoms with Crippen LogP contribution in [0.1, 0.15) is 16.1 Å². The molecule has 0 atom stereocenters. The van der Waals surface area contributed by atoms with E-state index in [1.807, 2.05) is 53.2 Å². The standard InChI is InChI=1S/C22H19ClN4O2/c1-29-20-5-3-2-4-19(20)26-22(28)15-6-9-17(10-7-15)24-12-18-14-27-13-16(23)8-11-21(27)25-18/h2-11,13-14,24H,12H2,1H3,(H,26,28). The molecule has 4 aromatic rings. The van der Waals surface area contributed by atoms with Crippen LogP contribution in [0.25, 0.3) is 5.65 Å². The zero-order valence-electron chi connectivity index (χ0n) is 15.7. The van der Waals surface area contributed by atoms with Gasteiger partial charge in [-0.25, -0.2) is 4.98 Å². The molecule has 0 spiro atoms. The van der Waals surface area contributed by atoms with Crippen LogP contribution >= 0.6 is 11.6 Å². The van der Waals surface area contributed by atoms with Crippen molar-refractivity contribution >= 4 is 34.5 Å². The van der Waals surface area contributed by atoms with E-state index >= 15 is 0 Å². The van der Waals surface area contributed by atoms with E-state index in [4.69, 9.17) is 16.3 Å². The third-order valence-electron chi connectivity index (χ3n) is 4.44. The molecule has 4 rings (SSSR count). The third-order valence-corrected chi connectivity index (χ3v) is 4.66. The number of ether oxygens (including phenoxy) is 1. The average Bonchev–Trinajstić information content (AvgIpc) is 3.15. The lowest BCUT2D eigenvalue weighted by Gasteiger charge is -2.10. The summed E-state index contributed by atoms with van der Waals surface area (Å²) in [5.41, 5.74) is 3.83. The number of hydrogen-bond acceptors (Lipinski definition) is 4. The molecule has 0 bridgehead atoms. The number of halogens is 1. The number of aromatic nitrogens is 2. The van der Waals surface area contributed by atoms with Crippen molar-refractivity contribution in [2.24, 2.45) is 0 Å². The molecular weight excluding hydrogens is 388 g/mol. The maximum Gasteiger partial charge on any atom is 0.255 e. The maximum absolute atomic E-state index is 12.5. The van der Waals surface area contributed by atoms with Crippen molar-refractivity contribution in [2.45, 2.75) is 6.54 Å². The van der Waals surface area contributed by atoms with Gasteiger partial charge in [0.05, 0.1) is 30.1 Å². The predicted octanol–water partition coefficient (Wildman–Crippen LogP) is 4.86. The summed E-state index contributed by atoms with van der Waals surface area (Å²) in [4.78, 5) is 17.0. The van der Waals surface area contributed by atoms with Crippen LogP contribution < -0.4 is 15.4 Å². The fraction of sp³-hybridized carbons (Fsp3) is 0.0909. The minimum atomic E-state index is -0.196. The van der Waals surface area contributed by atoms with E-state index in [9.17, 15) is 4.79 Å². The summed E-state index contributed by atoms with van der Waals surface area (Å²) in [5, 5.41) is 6.84. The van der Waals surface area contributed by atoms with Crippen LogP contribution in [0.5, 0.6) is 5.75 Å². The van der Waals surface area contributed by atoms with Crippen molar-refractivity contribution < 1.29 is 9.53 Å². The number of fused-ring (bicyclic) bond motifs is 1. The van der Waals surface area contributed by atoms with Crippen LogP contribution in [-0.2, 0) is 6.54 Å². The van der Waals surface area contributed by atoms with Gasteiger partial charge in [0.15, 0.2) is 0 Å². The van der Waals surface area contributed by atoms with Gasteiger partial charge in [0, 0.05) is 23.6 Å². The first kappa shape index (κ1) is 18.8. The zero-order chi connectivity index (χ0) is 20.2. The van der Waals surface area contributed by atoms with Gasteiger partial charge >= 0.3 is 0 Å². The van der Waals surface area contributed by atoms with Crippen molar-refractivity contribution in [3.8, 4) is 5.75 Å². The van der Waals surface area contributed by atoms with Gasteiger partial charge in [0.25, 0.3) is 5.91 Å². The number of rotatable bonds is 6. The first-order chi connectivity index (χ1) is 14.1. The lowest BCUT2D eigenvalue weighted by atomic mass is 10.2. The summed E-state index contributed by atoms with van der Waals surface area (Å²) in [6.45, 7) is 0.562. The van der Waals surface area contributed by atoms with Crippen molar-refractivity contribution in [3.63, 3.8) is 0 Å². The van der Waals surface area contributed by atoms with Gasteiger partial charge in [0.1, 0.15) is 11.4 Å². The van der Waals surface area contributed by atoms with Crippen LogP contribution in [0, 0.1) is 0 Å². The largest absolute Gasteiger partial charge is 0.495 e. The first-order valence-corrected chi connectivity index (χ1v) is 9.41. The van der Waals surface area contributed by atoms with Crippen molar-refractivity contribution in [1.29, 1.82) is 0 Å². The fourth-order valence-electron chi connectivity index (χ4n) is 2.98. The Morgan fingerprint density at radius 3 is 2.66 bits per heavy atom. The van der Waals surface area contributed by atoms with Gasteiger partial charge in [-0.05, 0) is 48.5 Å². The molecule has 29 heavy (non-hydrogen) atoms. The van der Waals surface area contributed by atoms with Gasteiger partial charge < -0.3 is 19.8 Å². The van der Waals surface area contributed by atoms with E-state index < -0.39 is 0 Å². The Balaban J connectivity index is 1.40. The number of amides is 1. The summed E-state index contributed by atoms with van der Waals surface area (Å²) in [6, 6.07) is 18.3. The highest BCUT2D eigenvalue weighted by Crippen LogP contribution is 2.24. The molecule has 6 nitrogen and oxygen atoms in total. The number of nitrogens with zero attached hydrogens (tertiary/aromatic N) is 2. The molecule has 2 aromatic heterocycles. The van der Waals surface area contributed by atoms with Crippen molar-refractivity contribution in [2.75, 3.05) is 17.7 Å². The van der Waals surface area contributed by atoms with Crippen LogP contribution in [0.4, 0.5) is 11.4 Å². The number of carbonyl (C=O) groups is 1. The van der Waals surface area contributed by atoms with E-state index in [-0.39, 0.29) is 5.91 Å². The Morgan fingerprint density at radius 2 is 1.86 bits per heavy atom. The molecule has 2 N–H and O–H groups in total. The number of imidazole rings is 1. The Morgan fingerprint density at radius 1 is 1.07 bits per heavy atom. The molecule has 0 saturated heterocycles. The number of methoxy groups -OCH3 is 1. The number of carbonyl (C=O) groups excluding carboxylic acids is 1. The molecule has 1 amide bonds. The molecule has 0 aliphatic carbocycles. The molecule has 0 saturated carbocycles. The minimum Gasteiger partial charge on any atom is -0.495 e.